The summed E-state index contributed by atoms with van der Waals surface area (Å²) in [6.45, 7) is 2.73. The SMILES string of the molecule is CCn1cc(-n2cc3nc(-c4cnc(OC)c(OC)c4)cc(OC)c3c2O)cn1. The van der Waals surface area contributed by atoms with Gasteiger partial charge in [-0.2, -0.15) is 5.10 Å². The van der Waals surface area contributed by atoms with Gasteiger partial charge in [0.2, 0.25) is 5.88 Å². The third-order valence-corrected chi connectivity index (χ3v) is 4.68. The van der Waals surface area contributed by atoms with E-state index in [0.717, 1.165) is 17.8 Å². The number of nitrogens with zero attached hydrogens (tertiary/aromatic N) is 5. The molecule has 0 fully saturated rings. The number of rotatable bonds is 6. The highest BCUT2D eigenvalue weighted by molar-refractivity contribution is 5.93. The monoisotopic (exact) mass is 395 g/mol. The molecule has 9 nitrogen and oxygen atoms in total. The second-order valence-corrected chi connectivity index (χ2v) is 6.28. The fourth-order valence-electron chi connectivity index (χ4n) is 3.19. The number of hydrogen-bond acceptors (Lipinski definition) is 7. The summed E-state index contributed by atoms with van der Waals surface area (Å²) in [5.41, 5.74) is 2.67. The molecule has 4 aromatic rings. The summed E-state index contributed by atoms with van der Waals surface area (Å²) in [5.74, 6) is 1.43. The van der Waals surface area contributed by atoms with E-state index in [4.69, 9.17) is 19.2 Å². The lowest BCUT2D eigenvalue weighted by molar-refractivity contribution is 0.343. The van der Waals surface area contributed by atoms with Gasteiger partial charge < -0.3 is 19.3 Å². The van der Waals surface area contributed by atoms with E-state index in [2.05, 4.69) is 10.1 Å². The van der Waals surface area contributed by atoms with Gasteiger partial charge in [-0.05, 0) is 13.0 Å². The summed E-state index contributed by atoms with van der Waals surface area (Å²) >= 11 is 0. The van der Waals surface area contributed by atoms with Crippen LogP contribution in [0.5, 0.6) is 23.3 Å². The van der Waals surface area contributed by atoms with E-state index >= 15 is 0 Å². The molecule has 0 aliphatic carbocycles. The van der Waals surface area contributed by atoms with Crippen molar-refractivity contribution in [1.82, 2.24) is 24.3 Å². The third kappa shape index (κ3) is 3.10. The molecule has 0 spiro atoms. The quantitative estimate of drug-likeness (QED) is 0.536. The van der Waals surface area contributed by atoms with Crippen molar-refractivity contribution < 1.29 is 19.3 Å². The van der Waals surface area contributed by atoms with E-state index in [0.29, 0.717) is 34.0 Å². The maximum Gasteiger partial charge on any atom is 0.256 e. The Morgan fingerprint density at radius 1 is 1.00 bits per heavy atom. The molecule has 4 heterocycles. The van der Waals surface area contributed by atoms with Crippen LogP contribution in [0.3, 0.4) is 0 Å². The summed E-state index contributed by atoms with van der Waals surface area (Å²) in [4.78, 5) is 8.96. The van der Waals surface area contributed by atoms with E-state index in [1.165, 1.54) is 7.11 Å². The molecule has 0 unspecified atom stereocenters. The molecule has 9 heteroatoms. The number of ether oxygens (including phenoxy) is 3. The predicted octanol–water partition coefficient (Wildman–Crippen LogP) is 3.04. The topological polar surface area (TPSA) is 96.5 Å². The average Bonchev–Trinajstić information content (AvgIpc) is 3.37. The van der Waals surface area contributed by atoms with Crippen molar-refractivity contribution in [3.8, 4) is 40.2 Å². The van der Waals surface area contributed by atoms with Crippen molar-refractivity contribution in [2.45, 2.75) is 13.5 Å². The van der Waals surface area contributed by atoms with Crippen LogP contribution in [0.2, 0.25) is 0 Å². The van der Waals surface area contributed by atoms with Gasteiger partial charge in [0, 0.05) is 36.8 Å². The zero-order chi connectivity index (χ0) is 20.5. The highest BCUT2D eigenvalue weighted by Crippen LogP contribution is 2.39. The van der Waals surface area contributed by atoms with Crippen molar-refractivity contribution in [1.29, 1.82) is 0 Å². The standard InChI is InChI=1S/C20H21N5O4/c1-5-24-10-13(9-22-24)25-11-15-18(20(25)26)16(27-2)7-14(23-15)12-6-17(28-3)19(29-4)21-8-12/h6-11,26H,5H2,1-4H3. The Balaban J connectivity index is 1.88. The summed E-state index contributed by atoms with van der Waals surface area (Å²) in [5, 5.41) is 15.6. The van der Waals surface area contributed by atoms with Crippen molar-refractivity contribution in [3.05, 3.63) is 36.9 Å². The van der Waals surface area contributed by atoms with Gasteiger partial charge in [0.15, 0.2) is 5.75 Å². The van der Waals surface area contributed by atoms with Gasteiger partial charge in [-0.25, -0.2) is 9.97 Å². The molecule has 0 saturated heterocycles. The Hall–Kier alpha value is -3.75. The molecule has 0 aliphatic heterocycles. The lowest BCUT2D eigenvalue weighted by Crippen LogP contribution is -1.95. The number of fused-ring (bicyclic) bond motifs is 1. The van der Waals surface area contributed by atoms with E-state index in [9.17, 15) is 5.11 Å². The van der Waals surface area contributed by atoms with Crippen LogP contribution < -0.4 is 14.2 Å². The van der Waals surface area contributed by atoms with Crippen LogP contribution in [-0.4, -0.2) is 50.8 Å². The predicted molar refractivity (Wildman–Crippen MR) is 107 cm³/mol. The summed E-state index contributed by atoms with van der Waals surface area (Å²) in [6, 6.07) is 3.55. The van der Waals surface area contributed by atoms with Gasteiger partial charge in [-0.15, -0.1) is 0 Å². The first kappa shape index (κ1) is 18.6. The molecule has 0 saturated carbocycles. The zero-order valence-corrected chi connectivity index (χ0v) is 16.6. The Bertz CT molecular complexity index is 1180. The van der Waals surface area contributed by atoms with Gasteiger partial charge in [0.25, 0.3) is 5.88 Å². The molecule has 0 aromatic carbocycles. The third-order valence-electron chi connectivity index (χ3n) is 4.68. The number of aromatic hydroxyl groups is 1. The van der Waals surface area contributed by atoms with Crippen molar-refractivity contribution in [2.24, 2.45) is 0 Å². The Labute approximate surface area is 167 Å². The van der Waals surface area contributed by atoms with E-state index < -0.39 is 0 Å². The first-order valence-corrected chi connectivity index (χ1v) is 8.99. The molecule has 4 rings (SSSR count). The molecule has 0 aliphatic rings. The maximum atomic E-state index is 10.8. The van der Waals surface area contributed by atoms with Crippen LogP contribution in [0.25, 0.3) is 27.8 Å². The van der Waals surface area contributed by atoms with Gasteiger partial charge in [0.1, 0.15) is 11.1 Å². The molecule has 1 N–H and O–H groups in total. The second-order valence-electron chi connectivity index (χ2n) is 6.28. The van der Waals surface area contributed by atoms with Crippen molar-refractivity contribution in [3.63, 3.8) is 0 Å². The molecule has 4 aromatic heterocycles. The first-order chi connectivity index (χ1) is 14.1. The number of aromatic nitrogens is 5. The molecular formula is C20H21N5O4. The summed E-state index contributed by atoms with van der Waals surface area (Å²) < 4.78 is 19.5. The largest absolute Gasteiger partial charge is 0.496 e. The minimum absolute atomic E-state index is 0.0389. The van der Waals surface area contributed by atoms with Gasteiger partial charge >= 0.3 is 0 Å². The molecule has 29 heavy (non-hydrogen) atoms. The highest BCUT2D eigenvalue weighted by Gasteiger charge is 2.19. The summed E-state index contributed by atoms with van der Waals surface area (Å²) in [7, 11) is 4.64. The minimum Gasteiger partial charge on any atom is -0.496 e. The first-order valence-electron chi connectivity index (χ1n) is 8.99. The fraction of sp³-hybridized carbons (Fsp3) is 0.250. The van der Waals surface area contributed by atoms with Crippen LogP contribution >= 0.6 is 0 Å². The highest BCUT2D eigenvalue weighted by atomic mass is 16.5. The van der Waals surface area contributed by atoms with Crippen LogP contribution in [0.1, 0.15) is 6.92 Å². The Morgan fingerprint density at radius 2 is 1.79 bits per heavy atom. The second kappa shape index (κ2) is 7.34. The summed E-state index contributed by atoms with van der Waals surface area (Å²) in [6.07, 6.45) is 6.94. The lowest BCUT2D eigenvalue weighted by atomic mass is 10.1. The maximum absolute atomic E-state index is 10.8. The number of aryl methyl sites for hydroxylation is 1. The zero-order valence-electron chi connectivity index (χ0n) is 16.6. The van der Waals surface area contributed by atoms with E-state index in [1.54, 1.807) is 54.2 Å². The van der Waals surface area contributed by atoms with Gasteiger partial charge in [0.05, 0.1) is 44.4 Å². The minimum atomic E-state index is 0.0389. The number of hydrogen-bond donors (Lipinski definition) is 1. The van der Waals surface area contributed by atoms with Crippen LogP contribution in [0.4, 0.5) is 0 Å². The van der Waals surface area contributed by atoms with Gasteiger partial charge in [-0.1, -0.05) is 0 Å². The van der Waals surface area contributed by atoms with Crippen molar-refractivity contribution >= 4 is 10.9 Å². The molecule has 150 valence electrons. The smallest absolute Gasteiger partial charge is 0.256 e. The van der Waals surface area contributed by atoms with E-state index in [-0.39, 0.29) is 5.88 Å². The van der Waals surface area contributed by atoms with E-state index in [1.807, 2.05) is 13.1 Å². The van der Waals surface area contributed by atoms with Crippen LogP contribution in [0.15, 0.2) is 36.9 Å². The molecule has 0 amide bonds. The molecule has 0 radical (unpaired) electrons. The Morgan fingerprint density at radius 3 is 2.45 bits per heavy atom. The van der Waals surface area contributed by atoms with Crippen LogP contribution in [-0.2, 0) is 6.54 Å². The Kier molecular flexibility index (Phi) is 4.71. The molecule has 0 atom stereocenters. The number of methoxy groups -OCH3 is 3. The normalized spacial score (nSPS) is 11.0. The average molecular weight is 395 g/mol. The van der Waals surface area contributed by atoms with Crippen LogP contribution in [0, 0.1) is 0 Å². The van der Waals surface area contributed by atoms with Gasteiger partial charge in [-0.3, -0.25) is 9.25 Å². The molecular weight excluding hydrogens is 374 g/mol. The fourth-order valence-corrected chi connectivity index (χ4v) is 3.19. The lowest BCUT2D eigenvalue weighted by Gasteiger charge is -2.10. The number of pyridine rings is 2. The molecule has 0 bridgehead atoms. The van der Waals surface area contributed by atoms with Crippen molar-refractivity contribution in [2.75, 3.05) is 21.3 Å².